The normalized spacial score (nSPS) is 14.0. The number of rotatable bonds is 8. The van der Waals surface area contributed by atoms with Crippen LogP contribution in [-0.4, -0.2) is 40.3 Å². The molecule has 2 aromatic heterocycles. The first kappa shape index (κ1) is 17.3. The Balaban J connectivity index is 1.49. The predicted molar refractivity (Wildman–Crippen MR) is 101 cm³/mol. The molecule has 3 rings (SSSR count). The van der Waals surface area contributed by atoms with Crippen molar-refractivity contribution in [1.82, 2.24) is 20.2 Å². The van der Waals surface area contributed by atoms with Crippen molar-refractivity contribution in [2.24, 2.45) is 0 Å². The summed E-state index contributed by atoms with van der Waals surface area (Å²) in [6.07, 6.45) is 14.9. The third kappa shape index (κ3) is 5.52. The van der Waals surface area contributed by atoms with E-state index in [4.69, 9.17) is 0 Å². The summed E-state index contributed by atoms with van der Waals surface area (Å²) < 4.78 is 0. The van der Waals surface area contributed by atoms with Crippen LogP contribution < -0.4 is 10.2 Å². The molecular weight excluding hydrogens is 312 g/mol. The lowest BCUT2D eigenvalue weighted by Crippen LogP contribution is -2.23. The van der Waals surface area contributed by atoms with Crippen LogP contribution in [0.5, 0.6) is 0 Å². The minimum atomic E-state index is 0.649. The lowest BCUT2D eigenvalue weighted by molar-refractivity contribution is 0.679. The molecule has 2 heterocycles. The molecule has 6 heteroatoms. The quantitative estimate of drug-likeness (QED) is 0.745. The monoisotopic (exact) mass is 338 g/mol. The molecule has 0 aliphatic heterocycles. The van der Waals surface area contributed by atoms with Gasteiger partial charge >= 0.3 is 0 Å². The number of hydrogen-bond donors (Lipinski definition) is 1. The van der Waals surface area contributed by atoms with Crippen molar-refractivity contribution in [2.45, 2.75) is 38.5 Å². The molecule has 0 amide bonds. The van der Waals surface area contributed by atoms with E-state index in [2.05, 4.69) is 31.6 Å². The van der Waals surface area contributed by atoms with Crippen LogP contribution in [0.25, 0.3) is 0 Å². The van der Waals surface area contributed by atoms with E-state index < -0.39 is 0 Å². The Kier molecular flexibility index (Phi) is 6.31. The van der Waals surface area contributed by atoms with E-state index in [-0.39, 0.29) is 0 Å². The zero-order valence-electron chi connectivity index (χ0n) is 14.9. The second-order valence-electron chi connectivity index (χ2n) is 6.45. The Labute approximate surface area is 149 Å². The Morgan fingerprint density at radius 3 is 2.84 bits per heavy atom. The zero-order chi connectivity index (χ0) is 17.3. The number of anilines is 2. The van der Waals surface area contributed by atoms with Crippen molar-refractivity contribution >= 4 is 11.8 Å². The highest BCUT2D eigenvalue weighted by Gasteiger charge is 2.08. The van der Waals surface area contributed by atoms with Crippen molar-refractivity contribution in [3.05, 3.63) is 47.9 Å². The number of nitrogens with zero attached hydrogens (tertiary/aromatic N) is 5. The number of aromatic nitrogens is 4. The lowest BCUT2D eigenvalue weighted by Gasteiger charge is -2.17. The fourth-order valence-electron chi connectivity index (χ4n) is 2.97. The van der Waals surface area contributed by atoms with Gasteiger partial charge in [-0.05, 0) is 56.2 Å². The Bertz CT molecular complexity index is 685. The molecule has 0 spiro atoms. The molecule has 0 bridgehead atoms. The van der Waals surface area contributed by atoms with E-state index in [0.717, 1.165) is 31.7 Å². The smallest absolute Gasteiger partial charge is 0.247 e. The van der Waals surface area contributed by atoms with Crippen LogP contribution in [0.4, 0.5) is 11.8 Å². The molecular formula is C19H26N6. The van der Waals surface area contributed by atoms with Crippen molar-refractivity contribution in [3.63, 3.8) is 0 Å². The first-order chi connectivity index (χ1) is 12.3. The van der Waals surface area contributed by atoms with Gasteiger partial charge in [-0.2, -0.15) is 10.1 Å². The molecule has 0 unspecified atom stereocenters. The molecule has 132 valence electrons. The van der Waals surface area contributed by atoms with Gasteiger partial charge in [-0.25, -0.2) is 0 Å². The Morgan fingerprint density at radius 2 is 2.04 bits per heavy atom. The maximum Gasteiger partial charge on any atom is 0.247 e. The van der Waals surface area contributed by atoms with Crippen molar-refractivity contribution in [2.75, 3.05) is 30.4 Å². The average Bonchev–Trinajstić information content (AvgIpc) is 2.68. The van der Waals surface area contributed by atoms with Crippen molar-refractivity contribution in [3.8, 4) is 0 Å². The number of allylic oxidation sites excluding steroid dienone is 1. The Hall–Kier alpha value is -2.50. The topological polar surface area (TPSA) is 66.8 Å². The molecule has 0 saturated heterocycles. The number of hydrogen-bond acceptors (Lipinski definition) is 6. The summed E-state index contributed by atoms with van der Waals surface area (Å²) in [5.74, 6) is 1.44. The van der Waals surface area contributed by atoms with E-state index in [1.54, 1.807) is 11.8 Å². The average molecular weight is 338 g/mol. The van der Waals surface area contributed by atoms with Gasteiger partial charge in [0.15, 0.2) is 5.82 Å². The Morgan fingerprint density at radius 1 is 1.16 bits per heavy atom. The minimum absolute atomic E-state index is 0.649. The molecule has 0 fully saturated rings. The molecule has 2 aromatic rings. The maximum absolute atomic E-state index is 4.58. The first-order valence-corrected chi connectivity index (χ1v) is 9.03. The van der Waals surface area contributed by atoms with Crippen LogP contribution in [0, 0.1) is 0 Å². The molecule has 1 N–H and O–H groups in total. The molecule has 0 atom stereocenters. The summed E-state index contributed by atoms with van der Waals surface area (Å²) >= 11 is 0. The van der Waals surface area contributed by atoms with Gasteiger partial charge in [0.2, 0.25) is 5.95 Å². The SMILES string of the molecule is CN(CCc1ccncc1)c1nncc(NCCC2=CCCCC2)n1. The molecule has 1 aliphatic carbocycles. The van der Waals surface area contributed by atoms with Gasteiger partial charge < -0.3 is 10.2 Å². The molecule has 6 nitrogen and oxygen atoms in total. The number of nitrogens with one attached hydrogen (secondary N) is 1. The van der Waals surface area contributed by atoms with Gasteiger partial charge in [0, 0.05) is 32.5 Å². The highest BCUT2D eigenvalue weighted by atomic mass is 15.3. The predicted octanol–water partition coefficient (Wildman–Crippen LogP) is 3.25. The van der Waals surface area contributed by atoms with Gasteiger partial charge in [-0.15, -0.1) is 5.10 Å². The standard InChI is InChI=1S/C19H26N6/c1-25(14-10-17-7-11-20-12-8-17)19-23-18(15-22-24-19)21-13-9-16-5-3-2-4-6-16/h5,7-8,11-12,15H,2-4,6,9-10,13-14H2,1H3,(H,21,23,24). The lowest BCUT2D eigenvalue weighted by atomic mass is 9.97. The van der Waals surface area contributed by atoms with E-state index in [0.29, 0.717) is 5.95 Å². The van der Waals surface area contributed by atoms with Crippen LogP contribution >= 0.6 is 0 Å². The third-order valence-corrected chi connectivity index (χ3v) is 4.51. The molecule has 0 aromatic carbocycles. The van der Waals surface area contributed by atoms with Crippen molar-refractivity contribution in [1.29, 1.82) is 0 Å². The highest BCUT2D eigenvalue weighted by Crippen LogP contribution is 2.20. The van der Waals surface area contributed by atoms with Gasteiger partial charge in [0.05, 0.1) is 6.20 Å². The van der Waals surface area contributed by atoms with Crippen LogP contribution in [0.2, 0.25) is 0 Å². The van der Waals surface area contributed by atoms with Gasteiger partial charge in [0.25, 0.3) is 0 Å². The molecule has 1 aliphatic rings. The fraction of sp³-hybridized carbons (Fsp3) is 0.474. The largest absolute Gasteiger partial charge is 0.368 e. The summed E-state index contributed by atoms with van der Waals surface area (Å²) in [7, 11) is 1.99. The maximum atomic E-state index is 4.58. The minimum Gasteiger partial charge on any atom is -0.368 e. The fourth-order valence-corrected chi connectivity index (χ4v) is 2.97. The molecule has 0 radical (unpaired) electrons. The van der Waals surface area contributed by atoms with Crippen LogP contribution in [0.3, 0.4) is 0 Å². The van der Waals surface area contributed by atoms with Crippen LogP contribution in [0.15, 0.2) is 42.4 Å². The second kappa shape index (κ2) is 9.11. The highest BCUT2D eigenvalue weighted by molar-refractivity contribution is 5.38. The summed E-state index contributed by atoms with van der Waals surface area (Å²) in [6, 6.07) is 4.07. The van der Waals surface area contributed by atoms with Crippen LogP contribution in [0.1, 0.15) is 37.7 Å². The van der Waals surface area contributed by atoms with E-state index in [1.807, 2.05) is 36.5 Å². The van der Waals surface area contributed by atoms with Gasteiger partial charge in [-0.1, -0.05) is 11.6 Å². The zero-order valence-corrected chi connectivity index (χ0v) is 14.9. The van der Waals surface area contributed by atoms with Crippen molar-refractivity contribution < 1.29 is 0 Å². The molecule has 0 saturated carbocycles. The molecule has 25 heavy (non-hydrogen) atoms. The summed E-state index contributed by atoms with van der Waals surface area (Å²) in [4.78, 5) is 10.7. The number of likely N-dealkylation sites (N-methyl/N-ethyl adjacent to an activating group) is 1. The summed E-state index contributed by atoms with van der Waals surface area (Å²) in [6.45, 7) is 1.73. The first-order valence-electron chi connectivity index (χ1n) is 9.03. The summed E-state index contributed by atoms with van der Waals surface area (Å²) in [5, 5.41) is 11.6. The van der Waals surface area contributed by atoms with E-state index in [1.165, 1.54) is 31.2 Å². The number of pyridine rings is 1. The van der Waals surface area contributed by atoms with Gasteiger partial charge in [0.1, 0.15) is 0 Å². The van der Waals surface area contributed by atoms with E-state index in [9.17, 15) is 0 Å². The van der Waals surface area contributed by atoms with E-state index >= 15 is 0 Å². The third-order valence-electron chi connectivity index (χ3n) is 4.51. The van der Waals surface area contributed by atoms with Gasteiger partial charge in [-0.3, -0.25) is 4.98 Å². The van der Waals surface area contributed by atoms with Crippen LogP contribution in [-0.2, 0) is 6.42 Å². The second-order valence-corrected chi connectivity index (χ2v) is 6.45. The summed E-state index contributed by atoms with van der Waals surface area (Å²) in [5.41, 5.74) is 2.82.